The van der Waals surface area contributed by atoms with Gasteiger partial charge in [0, 0.05) is 29.7 Å². The molecule has 3 N–H and O–H groups in total. The molecule has 1 amide bonds. The summed E-state index contributed by atoms with van der Waals surface area (Å²) in [4.78, 5) is 22.4. The lowest BCUT2D eigenvalue weighted by atomic mass is 9.82. The molecule has 5 aromatic rings. The number of hydrogen-bond donors (Lipinski definition) is 3. The van der Waals surface area contributed by atoms with Crippen molar-refractivity contribution >= 4 is 37.6 Å². The van der Waals surface area contributed by atoms with Crippen molar-refractivity contribution in [3.8, 4) is 0 Å². The third kappa shape index (κ3) is 5.82. The van der Waals surface area contributed by atoms with Crippen molar-refractivity contribution in [2.75, 3.05) is 0 Å². The van der Waals surface area contributed by atoms with E-state index in [4.69, 9.17) is 0 Å². The highest BCUT2D eigenvalue weighted by molar-refractivity contribution is 7.89. The Bertz CT molecular complexity index is 1810. The van der Waals surface area contributed by atoms with E-state index in [1.54, 1.807) is 31.3 Å². The Morgan fingerprint density at radius 3 is 2.48 bits per heavy atom. The monoisotopic (exact) mass is 580 g/mol. The van der Waals surface area contributed by atoms with Crippen molar-refractivity contribution in [2.45, 2.75) is 61.9 Å². The summed E-state index contributed by atoms with van der Waals surface area (Å²) in [7, 11) is -4.07. The molecule has 0 bridgehead atoms. The Balaban J connectivity index is 1.37. The fourth-order valence-electron chi connectivity index (χ4n) is 6.27. The summed E-state index contributed by atoms with van der Waals surface area (Å²) >= 11 is 0. The number of benzene rings is 3. The molecule has 2 aromatic heterocycles. The summed E-state index contributed by atoms with van der Waals surface area (Å²) in [6.07, 6.45) is 9.13. The van der Waals surface area contributed by atoms with Crippen LogP contribution in [0.4, 0.5) is 0 Å². The number of rotatable bonds is 9. The fraction of sp³-hybridized carbons (Fsp3) is 0.294. The van der Waals surface area contributed by atoms with Gasteiger partial charge >= 0.3 is 0 Å². The van der Waals surface area contributed by atoms with Crippen LogP contribution in [-0.2, 0) is 21.2 Å². The molecule has 1 aliphatic rings. The van der Waals surface area contributed by atoms with Gasteiger partial charge in [-0.05, 0) is 72.4 Å². The van der Waals surface area contributed by atoms with Gasteiger partial charge in [-0.2, -0.15) is 4.72 Å². The van der Waals surface area contributed by atoms with Gasteiger partial charge in [-0.25, -0.2) is 8.42 Å². The van der Waals surface area contributed by atoms with Crippen LogP contribution in [0.3, 0.4) is 0 Å². The maximum atomic E-state index is 14.4. The fourth-order valence-corrected chi connectivity index (χ4v) is 7.68. The van der Waals surface area contributed by atoms with Gasteiger partial charge in [0.05, 0.1) is 16.6 Å². The first-order valence-corrected chi connectivity index (χ1v) is 16.1. The summed E-state index contributed by atoms with van der Waals surface area (Å²) in [5.74, 6) is -0.148. The molecule has 0 spiro atoms. The zero-order chi connectivity index (χ0) is 29.2. The predicted octanol–water partition coefficient (Wildman–Crippen LogP) is 6.43. The van der Waals surface area contributed by atoms with E-state index in [-0.39, 0.29) is 29.2 Å². The number of aromatic nitrogens is 2. The van der Waals surface area contributed by atoms with Crippen LogP contribution in [-0.4, -0.2) is 29.8 Å². The molecule has 0 radical (unpaired) electrons. The largest absolute Gasteiger partial charge is 0.361 e. The topological polar surface area (TPSA) is 104 Å². The number of H-pyrrole nitrogens is 1. The SMILES string of the molecule is CC(Cc1c[nH]c2ccccc12)(NS(=O)(=O)c1ccc2ccccc2c1)C(=O)NC(c1ccccn1)C1CCCCC1. The van der Waals surface area contributed by atoms with Gasteiger partial charge in [-0.1, -0.05) is 73.9 Å². The van der Waals surface area contributed by atoms with Gasteiger partial charge in [0.2, 0.25) is 15.9 Å². The van der Waals surface area contributed by atoms with Crippen LogP contribution in [0.5, 0.6) is 0 Å². The van der Waals surface area contributed by atoms with Gasteiger partial charge in [-0.15, -0.1) is 0 Å². The van der Waals surface area contributed by atoms with Crippen molar-refractivity contribution in [1.29, 1.82) is 0 Å². The zero-order valence-electron chi connectivity index (χ0n) is 23.7. The van der Waals surface area contributed by atoms with Crippen LogP contribution in [0.2, 0.25) is 0 Å². The number of fused-ring (bicyclic) bond motifs is 2. The second kappa shape index (κ2) is 11.7. The number of sulfonamides is 1. The maximum Gasteiger partial charge on any atom is 0.241 e. The molecule has 1 fully saturated rings. The first kappa shape index (κ1) is 28.1. The highest BCUT2D eigenvalue weighted by atomic mass is 32.2. The van der Waals surface area contributed by atoms with E-state index < -0.39 is 15.6 Å². The summed E-state index contributed by atoms with van der Waals surface area (Å²) in [5, 5.41) is 5.98. The van der Waals surface area contributed by atoms with Gasteiger partial charge in [0.1, 0.15) is 5.54 Å². The average Bonchev–Trinajstić information content (AvgIpc) is 3.42. The van der Waals surface area contributed by atoms with Crippen LogP contribution in [0.15, 0.2) is 102 Å². The van der Waals surface area contributed by atoms with Crippen molar-refractivity contribution in [3.63, 3.8) is 0 Å². The standard InChI is InChI=1S/C34H36N4O3S/c1-34(22-27-23-36-30-16-8-7-15-29(27)30,38-42(40,41)28-19-18-24-11-5-6-14-26(24)21-28)33(39)37-32(25-12-3-2-4-13-25)31-17-9-10-20-35-31/h5-11,14-21,23,25,32,36,38H,2-4,12-13,22H2,1H3,(H,37,39). The van der Waals surface area contributed by atoms with Crippen molar-refractivity contribution in [1.82, 2.24) is 20.0 Å². The van der Waals surface area contributed by atoms with Gasteiger partial charge in [0.25, 0.3) is 0 Å². The number of carbonyl (C=O) groups excluding carboxylic acids is 1. The van der Waals surface area contributed by atoms with Crippen molar-refractivity contribution in [3.05, 3.63) is 109 Å². The number of nitrogens with one attached hydrogen (secondary N) is 3. The molecule has 7 nitrogen and oxygen atoms in total. The van der Waals surface area contributed by atoms with Crippen molar-refractivity contribution in [2.24, 2.45) is 5.92 Å². The minimum absolute atomic E-state index is 0.118. The number of nitrogens with zero attached hydrogens (tertiary/aromatic N) is 1. The lowest BCUT2D eigenvalue weighted by Gasteiger charge is -2.35. The smallest absolute Gasteiger partial charge is 0.241 e. The lowest BCUT2D eigenvalue weighted by Crippen LogP contribution is -2.59. The highest BCUT2D eigenvalue weighted by Crippen LogP contribution is 2.35. The number of aromatic amines is 1. The molecule has 6 rings (SSSR count). The Morgan fingerprint density at radius 2 is 1.69 bits per heavy atom. The second-order valence-electron chi connectivity index (χ2n) is 11.6. The maximum absolute atomic E-state index is 14.4. The molecule has 0 saturated heterocycles. The van der Waals surface area contributed by atoms with E-state index in [1.165, 1.54) is 6.42 Å². The Hall–Kier alpha value is -4.01. The zero-order valence-corrected chi connectivity index (χ0v) is 24.5. The molecule has 2 heterocycles. The van der Waals surface area contributed by atoms with E-state index in [1.807, 2.05) is 72.9 Å². The first-order chi connectivity index (χ1) is 20.3. The first-order valence-electron chi connectivity index (χ1n) is 14.6. The van der Waals surface area contributed by atoms with Crippen LogP contribution in [0.1, 0.15) is 56.3 Å². The number of amides is 1. The van der Waals surface area contributed by atoms with E-state index >= 15 is 0 Å². The van der Waals surface area contributed by atoms with Crippen LogP contribution in [0, 0.1) is 5.92 Å². The molecule has 1 aliphatic carbocycles. The molecule has 42 heavy (non-hydrogen) atoms. The van der Waals surface area contributed by atoms with Gasteiger partial charge in [-0.3, -0.25) is 9.78 Å². The van der Waals surface area contributed by atoms with E-state index in [2.05, 4.69) is 20.0 Å². The lowest BCUT2D eigenvalue weighted by molar-refractivity contribution is -0.127. The highest BCUT2D eigenvalue weighted by Gasteiger charge is 2.41. The molecule has 3 aromatic carbocycles. The molecule has 0 aliphatic heterocycles. The van der Waals surface area contributed by atoms with E-state index in [9.17, 15) is 13.2 Å². The predicted molar refractivity (Wildman–Crippen MR) is 166 cm³/mol. The Kier molecular flexibility index (Phi) is 7.84. The Morgan fingerprint density at radius 1 is 0.952 bits per heavy atom. The molecular formula is C34H36N4O3S. The van der Waals surface area contributed by atoms with Crippen LogP contribution >= 0.6 is 0 Å². The average molecular weight is 581 g/mol. The second-order valence-corrected chi connectivity index (χ2v) is 13.3. The van der Waals surface area contributed by atoms with E-state index in [0.717, 1.165) is 58.6 Å². The molecule has 2 unspecified atom stereocenters. The third-order valence-corrected chi connectivity index (χ3v) is 10.1. The molecule has 1 saturated carbocycles. The van der Waals surface area contributed by atoms with Gasteiger partial charge < -0.3 is 10.3 Å². The molecular weight excluding hydrogens is 544 g/mol. The van der Waals surface area contributed by atoms with Crippen LogP contribution in [0.25, 0.3) is 21.7 Å². The minimum atomic E-state index is -4.07. The number of para-hydroxylation sites is 1. The van der Waals surface area contributed by atoms with Crippen molar-refractivity contribution < 1.29 is 13.2 Å². The van der Waals surface area contributed by atoms with Crippen LogP contribution < -0.4 is 10.0 Å². The van der Waals surface area contributed by atoms with Gasteiger partial charge in [0.15, 0.2) is 0 Å². The number of hydrogen-bond acceptors (Lipinski definition) is 4. The number of carbonyl (C=O) groups is 1. The summed E-state index contributed by atoms with van der Waals surface area (Å²) in [6.45, 7) is 1.68. The third-order valence-electron chi connectivity index (χ3n) is 8.53. The summed E-state index contributed by atoms with van der Waals surface area (Å²) in [6, 6.07) is 25.9. The summed E-state index contributed by atoms with van der Waals surface area (Å²) < 4.78 is 30.7. The minimum Gasteiger partial charge on any atom is -0.361 e. The van der Waals surface area contributed by atoms with E-state index in [0.29, 0.717) is 0 Å². The molecule has 2 atom stereocenters. The molecule has 8 heteroatoms. The summed E-state index contributed by atoms with van der Waals surface area (Å²) in [5.41, 5.74) is 1.10. The molecule has 216 valence electrons. The number of pyridine rings is 1. The quantitative estimate of drug-likeness (QED) is 0.187. The normalized spacial score (nSPS) is 16.7. The Labute approximate surface area is 246 Å².